The highest BCUT2D eigenvalue weighted by Gasteiger charge is 2.18. The van der Waals surface area contributed by atoms with Crippen LogP contribution in [0.1, 0.15) is 19.4 Å². The summed E-state index contributed by atoms with van der Waals surface area (Å²) in [6.07, 6.45) is 0. The molecule has 0 heterocycles. The van der Waals surface area contributed by atoms with Crippen LogP contribution in [0.25, 0.3) is 0 Å². The number of rotatable bonds is 4. The fourth-order valence-corrected chi connectivity index (χ4v) is 1.56. The van der Waals surface area contributed by atoms with E-state index in [-0.39, 0.29) is 6.03 Å². The van der Waals surface area contributed by atoms with Crippen LogP contribution in [0.3, 0.4) is 0 Å². The number of nitrogens with one attached hydrogen (secondary N) is 1. The highest BCUT2D eigenvalue weighted by atomic mass is 16.3. The lowest BCUT2D eigenvalue weighted by atomic mass is 10.1. The zero-order valence-electron chi connectivity index (χ0n) is 10.6. The van der Waals surface area contributed by atoms with Crippen LogP contribution in [0.4, 0.5) is 4.79 Å². The fraction of sp³-hybridized carbons (Fsp3) is 0.462. The van der Waals surface area contributed by atoms with Crippen molar-refractivity contribution in [3.8, 4) is 0 Å². The molecule has 1 aromatic carbocycles. The summed E-state index contributed by atoms with van der Waals surface area (Å²) < 4.78 is 0. The number of urea groups is 1. The van der Waals surface area contributed by atoms with Gasteiger partial charge in [-0.15, -0.1) is 0 Å². The molecule has 0 unspecified atom stereocenters. The summed E-state index contributed by atoms with van der Waals surface area (Å²) in [6, 6.07) is 9.53. The Morgan fingerprint density at radius 3 is 2.47 bits per heavy atom. The maximum absolute atomic E-state index is 11.7. The smallest absolute Gasteiger partial charge is 0.317 e. The van der Waals surface area contributed by atoms with Gasteiger partial charge in [0.1, 0.15) is 0 Å². The van der Waals surface area contributed by atoms with E-state index in [1.807, 2.05) is 30.3 Å². The molecule has 4 heteroatoms. The minimum Gasteiger partial charge on any atom is -0.389 e. The normalized spacial score (nSPS) is 11.1. The highest BCUT2D eigenvalue weighted by Crippen LogP contribution is 2.03. The van der Waals surface area contributed by atoms with E-state index < -0.39 is 5.60 Å². The van der Waals surface area contributed by atoms with Crippen LogP contribution in [0.5, 0.6) is 0 Å². The summed E-state index contributed by atoms with van der Waals surface area (Å²) in [7, 11) is 1.66. The first kappa shape index (κ1) is 13.5. The van der Waals surface area contributed by atoms with Crippen molar-refractivity contribution in [2.24, 2.45) is 0 Å². The molecule has 0 fully saturated rings. The first-order chi connectivity index (χ1) is 7.88. The molecular formula is C13H20N2O2. The van der Waals surface area contributed by atoms with Crippen LogP contribution in [0, 0.1) is 0 Å². The number of nitrogens with zero attached hydrogens (tertiary/aromatic N) is 1. The van der Waals surface area contributed by atoms with E-state index in [0.717, 1.165) is 5.56 Å². The molecule has 0 aliphatic carbocycles. The minimum absolute atomic E-state index is 0.184. The van der Waals surface area contributed by atoms with Crippen molar-refractivity contribution < 1.29 is 9.90 Å². The molecule has 2 N–H and O–H groups in total. The van der Waals surface area contributed by atoms with Gasteiger partial charge >= 0.3 is 6.03 Å². The van der Waals surface area contributed by atoms with E-state index in [2.05, 4.69) is 5.32 Å². The second kappa shape index (κ2) is 5.68. The second-order valence-corrected chi connectivity index (χ2v) is 4.81. The van der Waals surface area contributed by atoms with Crippen molar-refractivity contribution >= 4 is 6.03 Å². The Bertz CT molecular complexity index is 357. The average molecular weight is 236 g/mol. The Kier molecular flexibility index (Phi) is 4.52. The lowest BCUT2D eigenvalue weighted by Crippen LogP contribution is -2.44. The Morgan fingerprint density at radius 2 is 1.94 bits per heavy atom. The molecule has 2 amide bonds. The van der Waals surface area contributed by atoms with Gasteiger partial charge in [0.15, 0.2) is 0 Å². The number of hydrogen-bond acceptors (Lipinski definition) is 2. The summed E-state index contributed by atoms with van der Waals surface area (Å²) in [4.78, 5) is 13.2. The zero-order valence-corrected chi connectivity index (χ0v) is 10.6. The fourth-order valence-electron chi connectivity index (χ4n) is 1.56. The van der Waals surface area contributed by atoms with E-state index in [0.29, 0.717) is 13.1 Å². The van der Waals surface area contributed by atoms with Gasteiger partial charge in [0.2, 0.25) is 0 Å². The van der Waals surface area contributed by atoms with Crippen LogP contribution >= 0.6 is 0 Å². The van der Waals surface area contributed by atoms with Crippen molar-refractivity contribution in [2.75, 3.05) is 13.6 Å². The topological polar surface area (TPSA) is 52.6 Å². The second-order valence-electron chi connectivity index (χ2n) is 4.81. The van der Waals surface area contributed by atoms with Crippen molar-refractivity contribution in [1.29, 1.82) is 0 Å². The van der Waals surface area contributed by atoms with Gasteiger partial charge in [-0.25, -0.2) is 4.79 Å². The monoisotopic (exact) mass is 236 g/mol. The SMILES string of the molecule is CN(CC(C)(C)O)C(=O)NCc1ccccc1. The van der Waals surface area contributed by atoms with Gasteiger partial charge in [-0.3, -0.25) is 0 Å². The molecule has 1 aromatic rings. The molecule has 4 nitrogen and oxygen atoms in total. The van der Waals surface area contributed by atoms with Crippen molar-refractivity contribution in [3.05, 3.63) is 35.9 Å². The van der Waals surface area contributed by atoms with Gasteiger partial charge in [0, 0.05) is 13.6 Å². The third kappa shape index (κ3) is 5.36. The van der Waals surface area contributed by atoms with Gasteiger partial charge in [0.05, 0.1) is 12.1 Å². The standard InChI is InChI=1S/C13H20N2O2/c1-13(2,17)10-15(3)12(16)14-9-11-7-5-4-6-8-11/h4-8,17H,9-10H2,1-3H3,(H,14,16). The largest absolute Gasteiger partial charge is 0.389 e. The van der Waals surface area contributed by atoms with E-state index in [1.54, 1.807) is 20.9 Å². The first-order valence-electron chi connectivity index (χ1n) is 5.64. The number of benzene rings is 1. The number of hydrogen-bond donors (Lipinski definition) is 2. The van der Waals surface area contributed by atoms with Crippen molar-refractivity contribution in [1.82, 2.24) is 10.2 Å². The number of aliphatic hydroxyl groups is 1. The average Bonchev–Trinajstić information content (AvgIpc) is 2.25. The molecule has 0 spiro atoms. The van der Waals surface area contributed by atoms with Crippen molar-refractivity contribution in [3.63, 3.8) is 0 Å². The highest BCUT2D eigenvalue weighted by molar-refractivity contribution is 5.73. The number of carbonyl (C=O) groups is 1. The maximum atomic E-state index is 11.7. The lowest BCUT2D eigenvalue weighted by Gasteiger charge is -2.25. The lowest BCUT2D eigenvalue weighted by molar-refractivity contribution is 0.0531. The van der Waals surface area contributed by atoms with Crippen molar-refractivity contribution in [2.45, 2.75) is 26.0 Å². The molecular weight excluding hydrogens is 216 g/mol. The van der Waals surface area contributed by atoms with Crippen LogP contribution < -0.4 is 5.32 Å². The Labute approximate surface area is 102 Å². The summed E-state index contributed by atoms with van der Waals surface area (Å²) in [5.41, 5.74) is 0.177. The quantitative estimate of drug-likeness (QED) is 0.834. The van der Waals surface area contributed by atoms with Gasteiger partial charge in [-0.2, -0.15) is 0 Å². The summed E-state index contributed by atoms with van der Waals surface area (Å²) in [6.45, 7) is 4.14. The molecule has 0 atom stereocenters. The molecule has 0 aliphatic rings. The Hall–Kier alpha value is -1.55. The molecule has 0 bridgehead atoms. The molecule has 0 aromatic heterocycles. The summed E-state index contributed by atoms with van der Waals surface area (Å²) in [5, 5.41) is 12.4. The third-order valence-electron chi connectivity index (χ3n) is 2.26. The third-order valence-corrected chi connectivity index (χ3v) is 2.26. The van der Waals surface area contributed by atoms with Gasteiger partial charge < -0.3 is 15.3 Å². The van der Waals surface area contributed by atoms with Gasteiger partial charge in [0.25, 0.3) is 0 Å². The maximum Gasteiger partial charge on any atom is 0.317 e. The first-order valence-corrected chi connectivity index (χ1v) is 5.64. The van der Waals surface area contributed by atoms with Gasteiger partial charge in [-0.05, 0) is 19.4 Å². The molecule has 94 valence electrons. The van der Waals surface area contributed by atoms with Crippen LogP contribution in [-0.2, 0) is 6.54 Å². The number of likely N-dealkylation sites (N-methyl/N-ethyl adjacent to an activating group) is 1. The van der Waals surface area contributed by atoms with E-state index >= 15 is 0 Å². The predicted molar refractivity (Wildman–Crippen MR) is 67.6 cm³/mol. The number of carbonyl (C=O) groups excluding carboxylic acids is 1. The van der Waals surface area contributed by atoms with Crippen LogP contribution in [-0.4, -0.2) is 35.2 Å². The Morgan fingerprint density at radius 1 is 1.35 bits per heavy atom. The molecule has 0 radical (unpaired) electrons. The molecule has 0 saturated carbocycles. The molecule has 1 rings (SSSR count). The minimum atomic E-state index is -0.876. The molecule has 0 saturated heterocycles. The summed E-state index contributed by atoms with van der Waals surface area (Å²) >= 11 is 0. The molecule has 17 heavy (non-hydrogen) atoms. The van der Waals surface area contributed by atoms with Crippen LogP contribution in [0.2, 0.25) is 0 Å². The zero-order chi connectivity index (χ0) is 12.9. The van der Waals surface area contributed by atoms with Crippen LogP contribution in [0.15, 0.2) is 30.3 Å². The Balaban J connectivity index is 2.40. The van der Waals surface area contributed by atoms with E-state index in [1.165, 1.54) is 4.90 Å². The number of amides is 2. The van der Waals surface area contributed by atoms with E-state index in [4.69, 9.17) is 0 Å². The predicted octanol–water partition coefficient (Wildman–Crippen LogP) is 1.60. The summed E-state index contributed by atoms with van der Waals surface area (Å²) in [5.74, 6) is 0. The van der Waals surface area contributed by atoms with Gasteiger partial charge in [-0.1, -0.05) is 30.3 Å². The van der Waals surface area contributed by atoms with E-state index in [9.17, 15) is 9.90 Å². The molecule has 0 aliphatic heterocycles.